The minimum absolute atomic E-state index is 0.0634. The summed E-state index contributed by atoms with van der Waals surface area (Å²) in [5.41, 5.74) is 4.27. The highest BCUT2D eigenvalue weighted by Gasteiger charge is 2.39. The monoisotopic (exact) mass is 484 g/mol. The smallest absolute Gasteiger partial charge is 0.261 e. The molecule has 32 heavy (non-hydrogen) atoms. The predicted molar refractivity (Wildman–Crippen MR) is 131 cm³/mol. The summed E-state index contributed by atoms with van der Waals surface area (Å²) < 4.78 is 29.0. The van der Waals surface area contributed by atoms with Crippen molar-refractivity contribution in [3.63, 3.8) is 0 Å². The molecule has 3 aromatic rings. The topological polar surface area (TPSA) is 58.2 Å². The first-order chi connectivity index (χ1) is 15.3. The number of halogens is 2. The van der Waals surface area contributed by atoms with Crippen molar-refractivity contribution in [1.29, 1.82) is 0 Å². The Morgan fingerprint density at radius 2 is 1.81 bits per heavy atom. The SMILES string of the molecule is Cc1cc(Cl)ccc1NS(=O)(=O)c1ccc2c(c1)[C@H]1C=CC[C@H]1[C@@H](c1ccccc1Cl)N2. The lowest BCUT2D eigenvalue weighted by Crippen LogP contribution is -2.29. The van der Waals surface area contributed by atoms with Gasteiger partial charge in [0.05, 0.1) is 16.6 Å². The van der Waals surface area contributed by atoms with Gasteiger partial charge in [0, 0.05) is 21.7 Å². The highest BCUT2D eigenvalue weighted by Crippen LogP contribution is 2.51. The van der Waals surface area contributed by atoms with Gasteiger partial charge in [-0.2, -0.15) is 0 Å². The number of rotatable bonds is 4. The normalized spacial score (nSPS) is 21.5. The highest BCUT2D eigenvalue weighted by molar-refractivity contribution is 7.92. The molecular formula is C25H22Cl2N2O2S. The van der Waals surface area contributed by atoms with Crippen LogP contribution in [0, 0.1) is 12.8 Å². The van der Waals surface area contributed by atoms with Crippen molar-refractivity contribution in [1.82, 2.24) is 0 Å². The third-order valence-electron chi connectivity index (χ3n) is 6.32. The van der Waals surface area contributed by atoms with Gasteiger partial charge in [-0.05, 0) is 78.4 Å². The van der Waals surface area contributed by atoms with Gasteiger partial charge < -0.3 is 5.32 Å². The van der Waals surface area contributed by atoms with Crippen LogP contribution in [0.4, 0.5) is 11.4 Å². The van der Waals surface area contributed by atoms with Gasteiger partial charge in [0.2, 0.25) is 0 Å². The Balaban J connectivity index is 1.50. The van der Waals surface area contributed by atoms with Crippen molar-refractivity contribution in [3.8, 4) is 0 Å². The molecule has 0 saturated heterocycles. The van der Waals surface area contributed by atoms with Crippen LogP contribution in [0.1, 0.15) is 35.1 Å². The van der Waals surface area contributed by atoms with Crippen molar-refractivity contribution < 1.29 is 8.42 Å². The number of allylic oxidation sites excluding steroid dienone is 2. The molecule has 0 bridgehead atoms. The van der Waals surface area contributed by atoms with Crippen LogP contribution >= 0.6 is 23.2 Å². The first-order valence-corrected chi connectivity index (χ1v) is 12.7. The fraction of sp³-hybridized carbons (Fsp3) is 0.200. The second-order valence-corrected chi connectivity index (χ2v) is 10.8. The molecule has 164 valence electrons. The molecule has 1 heterocycles. The molecule has 0 unspecified atom stereocenters. The minimum atomic E-state index is -3.75. The van der Waals surface area contributed by atoms with E-state index in [1.807, 2.05) is 31.2 Å². The molecule has 0 saturated carbocycles. The van der Waals surface area contributed by atoms with E-state index in [9.17, 15) is 8.42 Å². The van der Waals surface area contributed by atoms with E-state index in [1.165, 1.54) is 0 Å². The molecule has 0 amide bonds. The fourth-order valence-corrected chi connectivity index (χ4v) is 6.37. The molecule has 3 atom stereocenters. The summed E-state index contributed by atoms with van der Waals surface area (Å²) >= 11 is 12.5. The Hall–Kier alpha value is -2.47. The fourth-order valence-electron chi connectivity index (χ4n) is 4.72. The third-order valence-corrected chi connectivity index (χ3v) is 8.26. The summed E-state index contributed by atoms with van der Waals surface area (Å²) in [5.74, 6) is 0.395. The van der Waals surface area contributed by atoms with E-state index < -0.39 is 10.0 Å². The van der Waals surface area contributed by atoms with E-state index in [2.05, 4.69) is 28.3 Å². The van der Waals surface area contributed by atoms with Crippen molar-refractivity contribution in [2.45, 2.75) is 30.2 Å². The summed E-state index contributed by atoms with van der Waals surface area (Å²) in [6.45, 7) is 1.82. The standard InChI is InChI=1S/C25H22Cl2N2O2S/c1-15-13-16(26)9-11-23(15)29-32(30,31)17-10-12-24-21(14-17)18-6-4-7-19(18)25(28-24)20-5-2-3-8-22(20)27/h2-6,8-14,18-19,25,28-29H,7H2,1H3/t18-,19+,25-/m0/s1. The van der Waals surface area contributed by atoms with Crippen LogP contribution in [0.2, 0.25) is 10.0 Å². The summed E-state index contributed by atoms with van der Waals surface area (Å²) in [5, 5.41) is 4.92. The molecule has 4 nitrogen and oxygen atoms in total. The largest absolute Gasteiger partial charge is 0.378 e. The molecule has 0 radical (unpaired) electrons. The molecule has 0 aromatic heterocycles. The minimum Gasteiger partial charge on any atom is -0.378 e. The van der Waals surface area contributed by atoms with Gasteiger partial charge in [0.15, 0.2) is 0 Å². The number of hydrogen-bond acceptors (Lipinski definition) is 3. The third kappa shape index (κ3) is 3.79. The molecule has 0 fully saturated rings. The predicted octanol–water partition coefficient (Wildman–Crippen LogP) is 6.93. The summed E-state index contributed by atoms with van der Waals surface area (Å²) in [4.78, 5) is 0.239. The van der Waals surface area contributed by atoms with Crippen LogP contribution in [0.15, 0.2) is 77.7 Å². The average Bonchev–Trinajstić information content (AvgIpc) is 3.26. The van der Waals surface area contributed by atoms with Gasteiger partial charge in [0.25, 0.3) is 10.0 Å². The van der Waals surface area contributed by atoms with Crippen LogP contribution in [-0.4, -0.2) is 8.42 Å². The molecular weight excluding hydrogens is 463 g/mol. The summed E-state index contributed by atoms with van der Waals surface area (Å²) in [6, 6.07) is 18.3. The zero-order valence-electron chi connectivity index (χ0n) is 17.3. The molecule has 2 N–H and O–H groups in total. The highest BCUT2D eigenvalue weighted by atomic mass is 35.5. The van der Waals surface area contributed by atoms with E-state index in [0.717, 1.165) is 33.8 Å². The number of hydrogen-bond donors (Lipinski definition) is 2. The molecule has 3 aromatic carbocycles. The molecule has 1 aliphatic heterocycles. The number of anilines is 2. The van der Waals surface area contributed by atoms with Gasteiger partial charge >= 0.3 is 0 Å². The van der Waals surface area contributed by atoms with Gasteiger partial charge in [0.1, 0.15) is 0 Å². The second kappa shape index (κ2) is 8.14. The van der Waals surface area contributed by atoms with Crippen LogP contribution in [0.25, 0.3) is 0 Å². The maximum atomic E-state index is 13.1. The van der Waals surface area contributed by atoms with E-state index in [1.54, 1.807) is 30.3 Å². The quantitative estimate of drug-likeness (QED) is 0.394. The Morgan fingerprint density at radius 1 is 1.00 bits per heavy atom. The van der Waals surface area contributed by atoms with Gasteiger partial charge in [-0.1, -0.05) is 53.6 Å². The Bertz CT molecular complexity index is 1340. The lowest BCUT2D eigenvalue weighted by atomic mass is 9.77. The second-order valence-electron chi connectivity index (χ2n) is 8.31. The van der Waals surface area contributed by atoms with Crippen molar-refractivity contribution in [2.24, 2.45) is 5.92 Å². The zero-order chi connectivity index (χ0) is 22.5. The number of aryl methyl sites for hydroxylation is 1. The number of benzene rings is 3. The van der Waals surface area contributed by atoms with Gasteiger partial charge in [-0.3, -0.25) is 4.72 Å². The van der Waals surface area contributed by atoms with Crippen molar-refractivity contribution in [3.05, 3.63) is 99.6 Å². The first kappa shape index (κ1) is 21.4. The maximum Gasteiger partial charge on any atom is 0.261 e. The van der Waals surface area contributed by atoms with Gasteiger partial charge in [-0.25, -0.2) is 8.42 Å². The molecule has 2 aliphatic rings. The molecule has 7 heteroatoms. The average molecular weight is 485 g/mol. The van der Waals surface area contributed by atoms with Crippen LogP contribution in [0.3, 0.4) is 0 Å². The number of fused-ring (bicyclic) bond motifs is 3. The molecule has 5 rings (SSSR count). The maximum absolute atomic E-state index is 13.1. The van der Waals surface area contributed by atoms with Crippen LogP contribution < -0.4 is 10.0 Å². The number of nitrogens with one attached hydrogen (secondary N) is 2. The van der Waals surface area contributed by atoms with E-state index >= 15 is 0 Å². The van der Waals surface area contributed by atoms with Crippen LogP contribution in [-0.2, 0) is 10.0 Å². The van der Waals surface area contributed by atoms with E-state index in [0.29, 0.717) is 10.7 Å². The zero-order valence-corrected chi connectivity index (χ0v) is 19.7. The van der Waals surface area contributed by atoms with Crippen molar-refractivity contribution >= 4 is 44.6 Å². The first-order valence-electron chi connectivity index (χ1n) is 10.4. The lowest BCUT2D eigenvalue weighted by molar-refractivity contribution is 0.425. The summed E-state index contributed by atoms with van der Waals surface area (Å²) in [7, 11) is -3.75. The Labute approximate surface area is 198 Å². The van der Waals surface area contributed by atoms with E-state index in [-0.39, 0.29) is 22.8 Å². The van der Waals surface area contributed by atoms with Crippen molar-refractivity contribution in [2.75, 3.05) is 10.0 Å². The van der Waals surface area contributed by atoms with E-state index in [4.69, 9.17) is 23.2 Å². The number of sulfonamides is 1. The Morgan fingerprint density at radius 3 is 2.59 bits per heavy atom. The Kier molecular flexibility index (Phi) is 5.44. The molecule has 0 spiro atoms. The molecule has 1 aliphatic carbocycles. The lowest BCUT2D eigenvalue weighted by Gasteiger charge is -2.38. The summed E-state index contributed by atoms with van der Waals surface area (Å²) in [6.07, 6.45) is 5.26. The van der Waals surface area contributed by atoms with Crippen LogP contribution in [0.5, 0.6) is 0 Å². The van der Waals surface area contributed by atoms with Gasteiger partial charge in [-0.15, -0.1) is 0 Å².